The van der Waals surface area contributed by atoms with Crippen LogP contribution in [0.2, 0.25) is 0 Å². The fourth-order valence-electron chi connectivity index (χ4n) is 1.20. The van der Waals surface area contributed by atoms with E-state index in [1.54, 1.807) is 0 Å². The quantitative estimate of drug-likeness (QED) is 0.220. The van der Waals surface area contributed by atoms with Crippen molar-refractivity contribution in [2.75, 3.05) is 0 Å². The van der Waals surface area contributed by atoms with Gasteiger partial charge < -0.3 is 0 Å². The molecule has 0 saturated carbocycles. The molecule has 0 atom stereocenters. The summed E-state index contributed by atoms with van der Waals surface area (Å²) in [5.74, 6) is 0. The van der Waals surface area contributed by atoms with Gasteiger partial charge in [0.15, 0.2) is 0 Å². The highest BCUT2D eigenvalue weighted by Gasteiger charge is 1.96. The van der Waals surface area contributed by atoms with Crippen LogP contribution in [0.5, 0.6) is 0 Å². The third-order valence-electron chi connectivity index (χ3n) is 2.29. The molecule has 0 bridgehead atoms. The average Bonchev–Trinajstić information content (AvgIpc) is 2.35. The molecule has 2 aromatic rings. The SMILES string of the molecule is BrCc1ccc(Br)cc1I.Cc1ccc(Br)cc1I. The van der Waals surface area contributed by atoms with Crippen LogP contribution >= 0.6 is 93.0 Å². The fraction of sp³-hybridized carbons (Fsp3) is 0.143. The summed E-state index contributed by atoms with van der Waals surface area (Å²) < 4.78 is 4.89. The molecule has 19 heavy (non-hydrogen) atoms. The largest absolute Gasteiger partial charge is 0.0876 e. The van der Waals surface area contributed by atoms with Crippen LogP contribution in [-0.4, -0.2) is 0 Å². The van der Waals surface area contributed by atoms with Crippen molar-refractivity contribution in [2.24, 2.45) is 0 Å². The van der Waals surface area contributed by atoms with Gasteiger partial charge in [-0.15, -0.1) is 0 Å². The molecule has 0 unspecified atom stereocenters. The molecule has 2 aromatic carbocycles. The van der Waals surface area contributed by atoms with E-state index in [0.29, 0.717) is 0 Å². The molecule has 0 heterocycles. The Bertz CT molecular complexity index is 556. The van der Waals surface area contributed by atoms with E-state index in [-0.39, 0.29) is 0 Å². The zero-order chi connectivity index (χ0) is 14.4. The molecule has 2 rings (SSSR count). The van der Waals surface area contributed by atoms with Crippen molar-refractivity contribution < 1.29 is 0 Å². The van der Waals surface area contributed by atoms with E-state index in [1.165, 1.54) is 18.3 Å². The summed E-state index contributed by atoms with van der Waals surface area (Å²) in [6.45, 7) is 2.11. The van der Waals surface area contributed by atoms with Crippen LogP contribution in [0.3, 0.4) is 0 Å². The van der Waals surface area contributed by atoms with E-state index in [9.17, 15) is 0 Å². The van der Waals surface area contributed by atoms with Crippen molar-refractivity contribution in [1.82, 2.24) is 0 Å². The number of hydrogen-bond acceptors (Lipinski definition) is 0. The standard InChI is InChI=1S/C7H5Br2I.C7H6BrI/c8-4-5-1-2-6(9)3-7(5)10;1-5-2-3-6(8)4-7(5)9/h1-3H,4H2;2-4H,1H3. The third-order valence-corrected chi connectivity index (χ3v) is 6.05. The molecule has 0 nitrogen and oxygen atoms in total. The predicted octanol–water partition coefficient (Wildman–Crippen LogP) is 7.31. The maximum absolute atomic E-state index is 3.41. The van der Waals surface area contributed by atoms with Gasteiger partial charge in [-0.25, -0.2) is 0 Å². The van der Waals surface area contributed by atoms with Gasteiger partial charge in [0.25, 0.3) is 0 Å². The number of benzene rings is 2. The molecule has 5 heteroatoms. The summed E-state index contributed by atoms with van der Waals surface area (Å²) in [5, 5.41) is 0.929. The molecule has 0 aromatic heterocycles. The van der Waals surface area contributed by atoms with Gasteiger partial charge in [0, 0.05) is 21.4 Å². The van der Waals surface area contributed by atoms with Crippen LogP contribution < -0.4 is 0 Å². The van der Waals surface area contributed by atoms with Gasteiger partial charge in [-0.05, 0) is 87.5 Å². The number of halogens is 5. The number of aryl methyl sites for hydroxylation is 1. The zero-order valence-electron chi connectivity index (χ0n) is 10.1. The highest BCUT2D eigenvalue weighted by atomic mass is 127. The maximum atomic E-state index is 3.41. The van der Waals surface area contributed by atoms with Gasteiger partial charge in [0.05, 0.1) is 0 Å². The second-order valence-corrected chi connectivity index (χ2v) is 8.48. The monoisotopic (exact) mass is 670 g/mol. The molecule has 102 valence electrons. The van der Waals surface area contributed by atoms with Crippen molar-refractivity contribution in [3.63, 3.8) is 0 Å². The minimum absolute atomic E-state index is 0.929. The van der Waals surface area contributed by atoms with E-state index in [2.05, 4.69) is 136 Å². The minimum atomic E-state index is 0.929. The summed E-state index contributed by atoms with van der Waals surface area (Å²) in [6.07, 6.45) is 0. The Morgan fingerprint density at radius 2 is 1.42 bits per heavy atom. The van der Waals surface area contributed by atoms with Gasteiger partial charge >= 0.3 is 0 Å². The van der Waals surface area contributed by atoms with E-state index in [0.717, 1.165) is 14.3 Å². The Morgan fingerprint density at radius 1 is 0.895 bits per heavy atom. The summed E-state index contributed by atoms with van der Waals surface area (Å²) in [6, 6.07) is 12.5. The van der Waals surface area contributed by atoms with Crippen LogP contribution in [0, 0.1) is 14.1 Å². The first-order valence-electron chi connectivity index (χ1n) is 5.35. The summed E-state index contributed by atoms with van der Waals surface area (Å²) in [7, 11) is 0. The normalized spacial score (nSPS) is 9.79. The van der Waals surface area contributed by atoms with Crippen molar-refractivity contribution >= 4 is 93.0 Å². The second-order valence-electron chi connectivity index (χ2n) is 3.76. The second kappa shape index (κ2) is 9.38. The van der Waals surface area contributed by atoms with E-state index in [4.69, 9.17) is 0 Å². The zero-order valence-corrected chi connectivity index (χ0v) is 19.1. The van der Waals surface area contributed by atoms with E-state index in [1.807, 2.05) is 0 Å². The number of alkyl halides is 1. The molecular formula is C14H11Br3I2. The summed E-state index contributed by atoms with van der Waals surface area (Å²) in [5.41, 5.74) is 2.67. The lowest BCUT2D eigenvalue weighted by molar-refractivity contribution is 1.38. The first-order chi connectivity index (χ1) is 8.93. The molecule has 0 N–H and O–H groups in total. The lowest BCUT2D eigenvalue weighted by Gasteiger charge is -1.98. The van der Waals surface area contributed by atoms with Gasteiger partial charge in [-0.1, -0.05) is 59.9 Å². The van der Waals surface area contributed by atoms with Crippen LogP contribution in [0.1, 0.15) is 11.1 Å². The maximum Gasteiger partial charge on any atom is 0.0293 e. The Hall–Kier alpha value is 1.34. The van der Waals surface area contributed by atoms with Crippen molar-refractivity contribution in [1.29, 1.82) is 0 Å². The fourth-order valence-corrected chi connectivity index (χ4v) is 5.01. The first-order valence-corrected chi connectivity index (χ1v) is 10.2. The predicted molar refractivity (Wildman–Crippen MR) is 111 cm³/mol. The lowest BCUT2D eigenvalue weighted by atomic mass is 10.2. The van der Waals surface area contributed by atoms with Crippen molar-refractivity contribution in [3.8, 4) is 0 Å². The smallest absolute Gasteiger partial charge is 0.0293 e. The average molecular weight is 673 g/mol. The highest BCUT2D eigenvalue weighted by molar-refractivity contribution is 14.1. The topological polar surface area (TPSA) is 0 Å². The van der Waals surface area contributed by atoms with E-state index < -0.39 is 0 Å². The third kappa shape index (κ3) is 6.76. The van der Waals surface area contributed by atoms with Gasteiger partial charge in [0.1, 0.15) is 0 Å². The minimum Gasteiger partial charge on any atom is -0.0876 e. The number of hydrogen-bond donors (Lipinski definition) is 0. The van der Waals surface area contributed by atoms with Gasteiger partial charge in [0.2, 0.25) is 0 Å². The molecule has 0 fully saturated rings. The molecule has 0 aliphatic carbocycles. The van der Waals surface area contributed by atoms with Gasteiger partial charge in [-0.2, -0.15) is 0 Å². The molecule has 0 radical (unpaired) electrons. The molecule has 0 saturated heterocycles. The molecule has 0 aliphatic heterocycles. The van der Waals surface area contributed by atoms with Crippen molar-refractivity contribution in [2.45, 2.75) is 12.3 Å². The highest BCUT2D eigenvalue weighted by Crippen LogP contribution is 2.20. The molecule has 0 spiro atoms. The molecular weight excluding hydrogens is 662 g/mol. The van der Waals surface area contributed by atoms with Crippen LogP contribution in [0.25, 0.3) is 0 Å². The van der Waals surface area contributed by atoms with Crippen molar-refractivity contribution in [3.05, 3.63) is 63.6 Å². The first kappa shape index (κ1) is 18.4. The molecule has 0 aliphatic rings. The summed E-state index contributed by atoms with van der Waals surface area (Å²) >= 11 is 14.9. The van der Waals surface area contributed by atoms with Crippen LogP contribution in [0.4, 0.5) is 0 Å². The van der Waals surface area contributed by atoms with Crippen LogP contribution in [-0.2, 0) is 5.33 Å². The van der Waals surface area contributed by atoms with Crippen LogP contribution in [0.15, 0.2) is 45.3 Å². The van der Waals surface area contributed by atoms with Gasteiger partial charge in [-0.3, -0.25) is 0 Å². The Morgan fingerprint density at radius 3 is 1.84 bits per heavy atom. The lowest BCUT2D eigenvalue weighted by Crippen LogP contribution is -1.81. The molecule has 0 amide bonds. The number of rotatable bonds is 1. The Labute approximate surface area is 166 Å². The van der Waals surface area contributed by atoms with E-state index >= 15 is 0 Å². The Balaban J connectivity index is 0.000000191. The Kier molecular flexibility index (Phi) is 9.07. The summed E-state index contributed by atoms with van der Waals surface area (Å²) in [4.78, 5) is 0.